The van der Waals surface area contributed by atoms with Crippen LogP contribution in [-0.2, 0) is 14.8 Å². The second kappa shape index (κ2) is 10.7. The highest BCUT2D eigenvalue weighted by Crippen LogP contribution is 2.32. The number of hydrogen-bond donors (Lipinski definition) is 3. The predicted octanol–water partition coefficient (Wildman–Crippen LogP) is 4.37. The summed E-state index contributed by atoms with van der Waals surface area (Å²) in [5.41, 5.74) is 1.26. The maximum absolute atomic E-state index is 15.2. The molecule has 188 valence electrons. The first-order chi connectivity index (χ1) is 17.2. The van der Waals surface area contributed by atoms with Gasteiger partial charge in [0.1, 0.15) is 11.9 Å². The zero-order valence-electron chi connectivity index (χ0n) is 19.3. The molecular weight excluding hydrogens is 507 g/mol. The van der Waals surface area contributed by atoms with E-state index in [1.54, 1.807) is 48.5 Å². The minimum atomic E-state index is -3.76. The Labute approximate surface area is 213 Å². The van der Waals surface area contributed by atoms with Crippen molar-refractivity contribution in [2.75, 3.05) is 23.8 Å². The lowest BCUT2D eigenvalue weighted by molar-refractivity contribution is -0.121. The molecule has 0 unspecified atom stereocenters. The van der Waals surface area contributed by atoms with E-state index < -0.39 is 33.8 Å². The number of carbonyl (C=O) groups is 2. The van der Waals surface area contributed by atoms with Crippen molar-refractivity contribution in [3.05, 3.63) is 77.6 Å². The predicted molar refractivity (Wildman–Crippen MR) is 137 cm³/mol. The Morgan fingerprint density at radius 3 is 2.50 bits per heavy atom. The summed E-state index contributed by atoms with van der Waals surface area (Å²) in [7, 11) is -2.46. The first-order valence-electron chi connectivity index (χ1n) is 11.2. The zero-order chi connectivity index (χ0) is 25.9. The fourth-order valence-corrected chi connectivity index (χ4v) is 5.13. The summed E-state index contributed by atoms with van der Waals surface area (Å²) in [6, 6.07) is 15.6. The van der Waals surface area contributed by atoms with Gasteiger partial charge in [-0.15, -0.1) is 0 Å². The molecule has 0 radical (unpaired) electrons. The number of halogens is 2. The number of rotatable bonds is 6. The number of carbonyl (C=O) groups excluding carboxylic acids is 2. The molecule has 0 aromatic heterocycles. The van der Waals surface area contributed by atoms with Gasteiger partial charge in [0.25, 0.3) is 0 Å². The molecule has 0 spiro atoms. The number of amides is 3. The van der Waals surface area contributed by atoms with Gasteiger partial charge in [0.05, 0.1) is 10.6 Å². The van der Waals surface area contributed by atoms with Crippen molar-refractivity contribution < 1.29 is 22.4 Å². The minimum Gasteiger partial charge on any atom is -0.326 e. The minimum absolute atomic E-state index is 0.0182. The summed E-state index contributed by atoms with van der Waals surface area (Å²) in [4.78, 5) is 26.8. The van der Waals surface area contributed by atoms with Crippen molar-refractivity contribution in [2.24, 2.45) is 0 Å². The van der Waals surface area contributed by atoms with Crippen LogP contribution < -0.4 is 20.3 Å². The molecule has 0 aliphatic carbocycles. The van der Waals surface area contributed by atoms with Gasteiger partial charge in [0.15, 0.2) is 0 Å². The topological polar surface area (TPSA) is 108 Å². The van der Waals surface area contributed by atoms with Crippen LogP contribution in [0, 0.1) is 5.82 Å². The highest BCUT2D eigenvalue weighted by Gasteiger charge is 2.32. The van der Waals surface area contributed by atoms with Crippen LogP contribution in [-0.4, -0.2) is 40.0 Å². The van der Waals surface area contributed by atoms with Gasteiger partial charge < -0.3 is 15.5 Å². The number of urea groups is 1. The van der Waals surface area contributed by atoms with Crippen LogP contribution in [0.3, 0.4) is 0 Å². The van der Waals surface area contributed by atoms with Crippen molar-refractivity contribution in [1.29, 1.82) is 0 Å². The highest BCUT2D eigenvalue weighted by atomic mass is 35.5. The molecule has 1 saturated heterocycles. The van der Waals surface area contributed by atoms with Crippen molar-refractivity contribution in [3.63, 3.8) is 0 Å². The molecule has 4 rings (SSSR count). The quantitative estimate of drug-likeness (QED) is 0.440. The summed E-state index contributed by atoms with van der Waals surface area (Å²) >= 11 is 5.85. The van der Waals surface area contributed by atoms with E-state index in [0.29, 0.717) is 34.7 Å². The van der Waals surface area contributed by atoms with Gasteiger partial charge in [-0.25, -0.2) is 22.3 Å². The molecule has 1 fully saturated rings. The SMILES string of the molecule is CNS(=O)(=O)c1ccccc1-c1ccc(N2CCC[C@@H](NC(=O)Nc3ccc(Cl)cc3)C2=O)c(F)c1. The Morgan fingerprint density at radius 2 is 1.81 bits per heavy atom. The van der Waals surface area contributed by atoms with Crippen LogP contribution in [0.1, 0.15) is 12.8 Å². The number of anilines is 2. The van der Waals surface area contributed by atoms with Crippen LogP contribution >= 0.6 is 11.6 Å². The third-order valence-electron chi connectivity index (χ3n) is 5.84. The van der Waals surface area contributed by atoms with Crippen molar-refractivity contribution in [3.8, 4) is 11.1 Å². The van der Waals surface area contributed by atoms with E-state index in [0.717, 1.165) is 0 Å². The number of nitrogens with one attached hydrogen (secondary N) is 3. The van der Waals surface area contributed by atoms with Crippen molar-refractivity contribution in [2.45, 2.75) is 23.8 Å². The van der Waals surface area contributed by atoms with Crippen LogP contribution in [0.5, 0.6) is 0 Å². The van der Waals surface area contributed by atoms with Gasteiger partial charge in [0, 0.05) is 22.8 Å². The normalized spacial score (nSPS) is 16.0. The monoisotopic (exact) mass is 530 g/mol. The van der Waals surface area contributed by atoms with E-state index in [4.69, 9.17) is 11.6 Å². The molecule has 3 amide bonds. The van der Waals surface area contributed by atoms with Crippen molar-refractivity contribution in [1.82, 2.24) is 10.0 Å². The summed E-state index contributed by atoms with van der Waals surface area (Å²) in [5.74, 6) is -1.11. The molecule has 1 atom stereocenters. The third kappa shape index (κ3) is 5.51. The number of benzene rings is 3. The standard InChI is InChI=1S/C25H24ClFN4O4S/c1-28-36(34,35)23-7-3-2-5-19(23)16-8-13-22(20(27)15-16)31-14-4-6-21(24(31)32)30-25(33)29-18-11-9-17(26)10-12-18/h2-3,5,7-13,15,21,28H,4,6,14H2,1H3,(H2,29,30,33)/t21-/m1/s1. The number of piperidine rings is 1. The second-order valence-electron chi connectivity index (χ2n) is 8.16. The molecule has 0 saturated carbocycles. The molecule has 3 N–H and O–H groups in total. The molecule has 11 heteroatoms. The molecular formula is C25H24ClFN4O4S. The summed E-state index contributed by atoms with van der Waals surface area (Å²) in [5, 5.41) is 5.82. The molecule has 0 bridgehead atoms. The van der Waals surface area contributed by atoms with Gasteiger partial charge in [-0.3, -0.25) is 4.79 Å². The smallest absolute Gasteiger partial charge is 0.319 e. The lowest BCUT2D eigenvalue weighted by atomic mass is 10.0. The number of sulfonamides is 1. The van der Waals surface area contributed by atoms with E-state index in [-0.39, 0.29) is 17.1 Å². The van der Waals surface area contributed by atoms with Crippen molar-refractivity contribution >= 4 is 44.9 Å². The summed E-state index contributed by atoms with van der Waals surface area (Å²) in [6.07, 6.45) is 0.973. The maximum Gasteiger partial charge on any atom is 0.319 e. The van der Waals surface area contributed by atoms with Gasteiger partial charge >= 0.3 is 6.03 Å². The average Bonchev–Trinajstić information content (AvgIpc) is 2.87. The molecule has 3 aromatic carbocycles. The Bertz CT molecular complexity index is 1400. The van der Waals surface area contributed by atoms with Gasteiger partial charge in [0.2, 0.25) is 15.9 Å². The van der Waals surface area contributed by atoms with E-state index in [1.807, 2.05) is 0 Å². The fraction of sp³-hybridized carbons (Fsp3) is 0.200. The first-order valence-corrected chi connectivity index (χ1v) is 13.0. The van der Waals surface area contributed by atoms with E-state index in [1.165, 1.54) is 30.1 Å². The van der Waals surface area contributed by atoms with E-state index in [9.17, 15) is 18.0 Å². The Balaban J connectivity index is 1.52. The molecule has 1 aliphatic heterocycles. The zero-order valence-corrected chi connectivity index (χ0v) is 20.9. The maximum atomic E-state index is 15.2. The van der Waals surface area contributed by atoms with Gasteiger partial charge in [-0.2, -0.15) is 0 Å². The van der Waals surface area contributed by atoms with Crippen LogP contribution in [0.25, 0.3) is 11.1 Å². The van der Waals surface area contributed by atoms with Gasteiger partial charge in [-0.1, -0.05) is 35.9 Å². The molecule has 1 aliphatic rings. The fourth-order valence-electron chi connectivity index (χ4n) is 4.05. The molecule has 3 aromatic rings. The number of hydrogen-bond acceptors (Lipinski definition) is 4. The Morgan fingerprint density at radius 1 is 1.08 bits per heavy atom. The van der Waals surface area contributed by atoms with E-state index >= 15 is 4.39 Å². The Kier molecular flexibility index (Phi) is 7.58. The van der Waals surface area contributed by atoms with E-state index in [2.05, 4.69) is 15.4 Å². The molecule has 8 nitrogen and oxygen atoms in total. The third-order valence-corrected chi connectivity index (χ3v) is 7.57. The summed E-state index contributed by atoms with van der Waals surface area (Å²) < 4.78 is 42.3. The van der Waals surface area contributed by atoms with Crippen LogP contribution in [0.2, 0.25) is 5.02 Å². The lowest BCUT2D eigenvalue weighted by Crippen LogP contribution is -2.53. The second-order valence-corrected chi connectivity index (χ2v) is 10.5. The van der Waals surface area contributed by atoms with Gasteiger partial charge in [-0.05, 0) is 67.9 Å². The number of nitrogens with zero attached hydrogens (tertiary/aromatic N) is 1. The largest absolute Gasteiger partial charge is 0.326 e. The van der Waals surface area contributed by atoms with Crippen LogP contribution in [0.15, 0.2) is 71.6 Å². The Hall–Kier alpha value is -3.47. The first kappa shape index (κ1) is 25.6. The molecule has 36 heavy (non-hydrogen) atoms. The summed E-state index contributed by atoms with van der Waals surface area (Å²) in [6.45, 7) is 0.288. The average molecular weight is 531 g/mol. The van der Waals surface area contributed by atoms with Crippen LogP contribution in [0.4, 0.5) is 20.6 Å². The molecule has 1 heterocycles. The highest BCUT2D eigenvalue weighted by molar-refractivity contribution is 7.89. The lowest BCUT2D eigenvalue weighted by Gasteiger charge is -2.33.